The lowest BCUT2D eigenvalue weighted by molar-refractivity contribution is -0.422. The second kappa shape index (κ2) is 4.36. The summed E-state index contributed by atoms with van der Waals surface area (Å²) in [5.74, 6) is 0. The smallest absolute Gasteiger partial charge is 0.258 e. The number of nitro groups is 2. The summed E-state index contributed by atoms with van der Waals surface area (Å²) in [5, 5.41) is 21.9. The van der Waals surface area contributed by atoms with Gasteiger partial charge in [0.05, 0.1) is 9.85 Å². The number of nitrogens with zero attached hydrogens (tertiary/aromatic N) is 2. The van der Waals surface area contributed by atoms with Crippen LogP contribution in [-0.4, -0.2) is 9.85 Å². The minimum absolute atomic E-state index is 0.297. The van der Waals surface area contributed by atoms with Crippen LogP contribution < -0.4 is 0 Å². The third-order valence-electron chi connectivity index (χ3n) is 3.03. The highest BCUT2D eigenvalue weighted by atomic mass is 16.6. The van der Waals surface area contributed by atoms with E-state index >= 15 is 0 Å². The molecule has 0 amide bonds. The van der Waals surface area contributed by atoms with Gasteiger partial charge in [-0.1, -0.05) is 20.8 Å². The van der Waals surface area contributed by atoms with Crippen LogP contribution in [0.4, 0.5) is 11.4 Å². The summed E-state index contributed by atoms with van der Waals surface area (Å²) in [6.07, 6.45) is 0. The van der Waals surface area contributed by atoms with E-state index in [-0.39, 0.29) is 5.41 Å². The molecule has 0 spiro atoms. The summed E-state index contributed by atoms with van der Waals surface area (Å²) >= 11 is 0. The van der Waals surface area contributed by atoms with Crippen LogP contribution in [0, 0.1) is 34.1 Å². The number of hydrogen-bond acceptors (Lipinski definition) is 4. The molecule has 6 nitrogen and oxygen atoms in total. The van der Waals surface area contributed by atoms with Gasteiger partial charge in [-0.25, -0.2) is 0 Å². The molecule has 0 saturated heterocycles. The lowest BCUT2D eigenvalue weighted by Crippen LogP contribution is -2.15. The lowest BCUT2D eigenvalue weighted by atomic mass is 9.82. The minimum atomic E-state index is -0.695. The first kappa shape index (κ1) is 14.1. The quantitative estimate of drug-likeness (QED) is 0.596. The summed E-state index contributed by atoms with van der Waals surface area (Å²) in [6.45, 7) is 9.07. The maximum atomic E-state index is 11.0. The molecule has 0 radical (unpaired) electrons. The molecule has 0 atom stereocenters. The van der Waals surface area contributed by atoms with Crippen LogP contribution in [0.3, 0.4) is 0 Å². The van der Waals surface area contributed by atoms with E-state index in [9.17, 15) is 20.2 Å². The normalized spacial score (nSPS) is 11.4. The van der Waals surface area contributed by atoms with Crippen LogP contribution in [0.25, 0.3) is 0 Å². The predicted octanol–water partition coefficient (Wildman–Crippen LogP) is 3.42. The van der Waals surface area contributed by atoms with Gasteiger partial charge in [0.1, 0.15) is 0 Å². The van der Waals surface area contributed by atoms with Gasteiger partial charge < -0.3 is 0 Å². The van der Waals surface area contributed by atoms with Gasteiger partial charge in [-0.2, -0.15) is 0 Å². The fourth-order valence-electron chi connectivity index (χ4n) is 2.03. The van der Waals surface area contributed by atoms with Crippen LogP contribution in [-0.2, 0) is 5.41 Å². The highest BCUT2D eigenvalue weighted by Crippen LogP contribution is 2.38. The highest BCUT2D eigenvalue weighted by molar-refractivity contribution is 5.63. The van der Waals surface area contributed by atoms with E-state index in [2.05, 4.69) is 0 Å². The van der Waals surface area contributed by atoms with Gasteiger partial charge in [0, 0.05) is 11.6 Å². The molecule has 0 bridgehead atoms. The Morgan fingerprint density at radius 3 is 1.83 bits per heavy atom. The molecule has 1 aromatic rings. The Bertz CT molecular complexity index is 530. The van der Waals surface area contributed by atoms with Crippen LogP contribution in [0.5, 0.6) is 0 Å². The Morgan fingerprint density at radius 1 is 1.00 bits per heavy atom. The van der Waals surface area contributed by atoms with Gasteiger partial charge in [-0.3, -0.25) is 20.2 Å². The maximum absolute atomic E-state index is 11.0. The Hall–Kier alpha value is -1.98. The molecule has 0 fully saturated rings. The van der Waals surface area contributed by atoms with Crippen molar-refractivity contribution in [3.05, 3.63) is 43.0 Å². The van der Waals surface area contributed by atoms with Gasteiger partial charge in [-0.15, -0.1) is 0 Å². The van der Waals surface area contributed by atoms with E-state index in [1.54, 1.807) is 13.8 Å². The second-order valence-corrected chi connectivity index (χ2v) is 5.31. The molecule has 0 heterocycles. The Labute approximate surface area is 105 Å². The molecule has 1 rings (SSSR count). The van der Waals surface area contributed by atoms with Gasteiger partial charge in [0.25, 0.3) is 0 Å². The highest BCUT2D eigenvalue weighted by Gasteiger charge is 2.32. The van der Waals surface area contributed by atoms with E-state index in [0.717, 1.165) is 11.1 Å². The molecule has 1 aromatic carbocycles. The first-order valence-electron chi connectivity index (χ1n) is 5.50. The molecular weight excluding hydrogens is 236 g/mol. The van der Waals surface area contributed by atoms with Crippen LogP contribution >= 0.6 is 0 Å². The van der Waals surface area contributed by atoms with Crippen molar-refractivity contribution in [1.82, 2.24) is 0 Å². The molecule has 0 saturated carbocycles. The summed E-state index contributed by atoms with van der Waals surface area (Å²) in [5.41, 5.74) is 0.712. The monoisotopic (exact) mass is 252 g/mol. The van der Waals surface area contributed by atoms with E-state index in [0.29, 0.717) is 5.56 Å². The zero-order valence-electron chi connectivity index (χ0n) is 11.1. The third kappa shape index (κ3) is 2.32. The van der Waals surface area contributed by atoms with Crippen molar-refractivity contribution in [2.24, 2.45) is 0 Å². The molecule has 0 unspecified atom stereocenters. The molecule has 98 valence electrons. The largest absolute Gasteiger partial charge is 0.349 e. The van der Waals surface area contributed by atoms with Gasteiger partial charge in [0.15, 0.2) is 0 Å². The number of benzene rings is 1. The maximum Gasteiger partial charge on any atom is 0.349 e. The molecule has 0 aliphatic rings. The lowest BCUT2D eigenvalue weighted by Gasteiger charge is -2.22. The minimum Gasteiger partial charge on any atom is -0.258 e. The van der Waals surface area contributed by atoms with E-state index in [4.69, 9.17) is 0 Å². The van der Waals surface area contributed by atoms with E-state index < -0.39 is 21.2 Å². The summed E-state index contributed by atoms with van der Waals surface area (Å²) < 4.78 is 0. The van der Waals surface area contributed by atoms with Crippen LogP contribution in [0.15, 0.2) is 6.07 Å². The molecular formula is C12H16N2O4. The summed E-state index contributed by atoms with van der Waals surface area (Å²) in [6, 6.07) is 1.32. The average Bonchev–Trinajstić information content (AvgIpc) is 2.18. The fourth-order valence-corrected chi connectivity index (χ4v) is 2.03. The Kier molecular flexibility index (Phi) is 3.41. The zero-order valence-corrected chi connectivity index (χ0v) is 11.1. The van der Waals surface area contributed by atoms with Crippen molar-refractivity contribution < 1.29 is 9.85 Å². The average molecular weight is 252 g/mol. The Balaban J connectivity index is 3.76. The Morgan fingerprint density at radius 2 is 1.50 bits per heavy atom. The topological polar surface area (TPSA) is 86.3 Å². The van der Waals surface area contributed by atoms with Crippen molar-refractivity contribution >= 4 is 11.4 Å². The van der Waals surface area contributed by atoms with Gasteiger partial charge in [-0.05, 0) is 30.4 Å². The zero-order chi connectivity index (χ0) is 14.2. The molecule has 18 heavy (non-hydrogen) atoms. The first-order chi connectivity index (χ1) is 8.07. The standard InChI is InChI=1S/C12H16N2O4/c1-7-8(2)11(14(17)18)10(13(15)16)6-9(7)12(3,4)5/h6H,1-5H3. The molecule has 0 aromatic heterocycles. The van der Waals surface area contributed by atoms with E-state index in [1.807, 2.05) is 20.8 Å². The van der Waals surface area contributed by atoms with E-state index in [1.165, 1.54) is 6.07 Å². The summed E-state index contributed by atoms with van der Waals surface area (Å²) in [4.78, 5) is 20.5. The van der Waals surface area contributed by atoms with Crippen molar-refractivity contribution in [2.75, 3.05) is 0 Å². The van der Waals surface area contributed by atoms with Gasteiger partial charge >= 0.3 is 11.4 Å². The van der Waals surface area contributed by atoms with Crippen molar-refractivity contribution in [1.29, 1.82) is 0 Å². The van der Waals surface area contributed by atoms with Crippen molar-refractivity contribution in [3.63, 3.8) is 0 Å². The molecule has 0 aliphatic heterocycles. The van der Waals surface area contributed by atoms with Gasteiger partial charge in [0.2, 0.25) is 0 Å². The van der Waals surface area contributed by atoms with Crippen molar-refractivity contribution in [3.8, 4) is 0 Å². The third-order valence-corrected chi connectivity index (χ3v) is 3.03. The fraction of sp³-hybridized carbons (Fsp3) is 0.500. The molecule has 0 aliphatic carbocycles. The number of rotatable bonds is 2. The van der Waals surface area contributed by atoms with Crippen molar-refractivity contribution in [2.45, 2.75) is 40.0 Å². The predicted molar refractivity (Wildman–Crippen MR) is 67.9 cm³/mol. The first-order valence-corrected chi connectivity index (χ1v) is 5.50. The molecule has 0 N–H and O–H groups in total. The number of nitro benzene ring substituents is 2. The SMILES string of the molecule is Cc1c(C(C)(C)C)cc([N+](=O)[O-])c([N+](=O)[O-])c1C. The van der Waals surface area contributed by atoms with Crippen LogP contribution in [0.2, 0.25) is 0 Å². The summed E-state index contributed by atoms with van der Waals surface area (Å²) in [7, 11) is 0. The second-order valence-electron chi connectivity index (χ2n) is 5.31. The van der Waals surface area contributed by atoms with Crippen LogP contribution in [0.1, 0.15) is 37.5 Å². The molecule has 6 heteroatoms. The number of hydrogen-bond donors (Lipinski definition) is 0.